The van der Waals surface area contributed by atoms with Crippen molar-refractivity contribution in [2.45, 2.75) is 5.60 Å². The van der Waals surface area contributed by atoms with Crippen LogP contribution in [0.4, 0.5) is 0 Å². The topological polar surface area (TPSA) is 161 Å². The van der Waals surface area contributed by atoms with Gasteiger partial charge in [0.1, 0.15) is 6.54 Å². The van der Waals surface area contributed by atoms with E-state index in [1.54, 1.807) is 0 Å². The van der Waals surface area contributed by atoms with Crippen LogP contribution in [0.2, 0.25) is 0 Å². The smallest absolute Gasteiger partial charge is 0.811 e. The van der Waals surface area contributed by atoms with Gasteiger partial charge < -0.3 is 24.6 Å². The van der Waals surface area contributed by atoms with E-state index in [1.807, 2.05) is 0 Å². The van der Waals surface area contributed by atoms with Crippen LogP contribution in [-0.4, -0.2) is 57.6 Å². The molecule has 0 aliphatic heterocycles. The van der Waals surface area contributed by atoms with Gasteiger partial charge in [0.25, 0.3) is 0 Å². The molecule has 0 spiro atoms. The first-order chi connectivity index (χ1) is 7.14. The van der Waals surface area contributed by atoms with E-state index in [1.165, 1.54) is 0 Å². The third kappa shape index (κ3) is 9.13. The van der Waals surface area contributed by atoms with Crippen LogP contribution in [0.5, 0.6) is 0 Å². The van der Waals surface area contributed by atoms with E-state index >= 15 is 0 Å². The molecule has 1 atom stereocenters. The maximum absolute atomic E-state index is 11.2. The maximum atomic E-state index is 11.2. The summed E-state index contributed by atoms with van der Waals surface area (Å²) in [6.07, 6.45) is -1.67. The Hall–Kier alpha value is 1.17. The zero-order valence-electron chi connectivity index (χ0n) is 9.98. The summed E-state index contributed by atoms with van der Waals surface area (Å²) in [5.41, 5.74) is -2.82. The zero-order chi connectivity index (χ0) is 13.0. The van der Waals surface area contributed by atoms with Gasteiger partial charge >= 0.3 is 59.1 Å². The molecule has 1 amide bonds. The summed E-state index contributed by atoms with van der Waals surface area (Å²) in [5.74, 6) is -1.36. The Bertz CT molecular complexity index is 323. The molecule has 0 radical (unpaired) electrons. The Kier molecular flexibility index (Phi) is 13.4. The third-order valence-electron chi connectivity index (χ3n) is 1.66. The van der Waals surface area contributed by atoms with Gasteiger partial charge in [-0.25, -0.2) is 5.06 Å². The van der Waals surface area contributed by atoms with Crippen LogP contribution in [-0.2, 0) is 14.2 Å². The van der Waals surface area contributed by atoms with Gasteiger partial charge in [-0.1, -0.05) is 7.60 Å². The molecule has 3 N–H and O–H groups in total. The molecule has 0 aromatic carbocycles. The molecule has 0 saturated heterocycles. The average molecular weight is 301 g/mol. The van der Waals surface area contributed by atoms with Crippen molar-refractivity contribution in [1.29, 1.82) is 0 Å². The molecular formula is C6H10NNa2O8P. The Morgan fingerprint density at radius 1 is 1.39 bits per heavy atom. The van der Waals surface area contributed by atoms with E-state index in [0.717, 1.165) is 0 Å². The first kappa shape index (κ1) is 24.2. The summed E-state index contributed by atoms with van der Waals surface area (Å²) >= 11 is 0. The minimum Gasteiger partial charge on any atom is -0.811 e. The van der Waals surface area contributed by atoms with E-state index in [4.69, 9.17) is 10.3 Å². The zero-order valence-corrected chi connectivity index (χ0v) is 14.9. The molecule has 0 fully saturated rings. The first-order valence-corrected chi connectivity index (χ1v) is 5.66. The minimum absolute atomic E-state index is 0. The van der Waals surface area contributed by atoms with Gasteiger partial charge in [0.15, 0.2) is 11.4 Å². The van der Waals surface area contributed by atoms with Crippen molar-refractivity contribution < 1.29 is 98.5 Å². The fraction of sp³-hybridized carbons (Fsp3) is 0.667. The summed E-state index contributed by atoms with van der Waals surface area (Å²) in [5, 5.41) is 26.4. The molecule has 0 aromatic rings. The summed E-state index contributed by atoms with van der Waals surface area (Å²) < 4.78 is 10.4. The van der Waals surface area contributed by atoms with Crippen molar-refractivity contribution in [3.8, 4) is 0 Å². The molecule has 9 nitrogen and oxygen atoms in total. The number of amides is 1. The second-order valence-corrected chi connectivity index (χ2v) is 4.62. The Morgan fingerprint density at radius 3 is 2.11 bits per heavy atom. The Labute approximate surface area is 147 Å². The van der Waals surface area contributed by atoms with Crippen molar-refractivity contribution in [3.05, 3.63) is 0 Å². The van der Waals surface area contributed by atoms with Gasteiger partial charge in [-0.3, -0.25) is 14.8 Å². The van der Waals surface area contributed by atoms with Gasteiger partial charge in [0.2, 0.25) is 6.41 Å². The summed E-state index contributed by atoms with van der Waals surface area (Å²) in [6.45, 7) is -2.35. The second kappa shape index (κ2) is 9.98. The van der Waals surface area contributed by atoms with Crippen LogP contribution in [0.3, 0.4) is 0 Å². The largest absolute Gasteiger partial charge is 1.00 e. The normalized spacial score (nSPS) is 13.6. The van der Waals surface area contributed by atoms with Crippen LogP contribution >= 0.6 is 7.60 Å². The van der Waals surface area contributed by atoms with Crippen LogP contribution < -0.4 is 68.9 Å². The van der Waals surface area contributed by atoms with Gasteiger partial charge in [-0.05, 0) is 0 Å². The number of aliphatic hydroxyl groups is 2. The van der Waals surface area contributed by atoms with Crippen molar-refractivity contribution in [2.24, 2.45) is 0 Å². The van der Waals surface area contributed by atoms with Crippen LogP contribution in [0.1, 0.15) is 0 Å². The number of carbonyl (C=O) groups is 2. The number of Topliss-reactive ketones (excluding diaryl/α,β-unsaturated/α-hetero) is 1. The molecule has 0 aliphatic rings. The third-order valence-corrected chi connectivity index (χ3v) is 2.57. The van der Waals surface area contributed by atoms with E-state index in [0.29, 0.717) is 0 Å². The van der Waals surface area contributed by atoms with E-state index < -0.39 is 38.3 Å². The van der Waals surface area contributed by atoms with Crippen LogP contribution in [0.25, 0.3) is 0 Å². The second-order valence-electron chi connectivity index (χ2n) is 3.08. The standard InChI is InChI=1S/C6H12NO8P.2Na/c8-2-6(11,3-16(13,14)15)5(10)1-7(12)4-9;;/h4,8,11-12H,1-3H2,(H2,13,14,15);;/q;2*+1/p-2. The number of hydrogen-bond donors (Lipinski definition) is 3. The number of ketones is 1. The van der Waals surface area contributed by atoms with Crippen LogP contribution in [0, 0.1) is 0 Å². The maximum Gasteiger partial charge on any atom is 1.00 e. The number of hydrogen-bond acceptors (Lipinski definition) is 8. The summed E-state index contributed by atoms with van der Waals surface area (Å²) in [4.78, 5) is 41.9. The molecule has 0 aromatic heterocycles. The predicted octanol–water partition coefficient (Wildman–Crippen LogP) is -9.95. The van der Waals surface area contributed by atoms with E-state index in [-0.39, 0.29) is 70.6 Å². The molecule has 12 heteroatoms. The Morgan fingerprint density at radius 2 is 1.83 bits per heavy atom. The molecule has 94 valence electrons. The van der Waals surface area contributed by atoms with Gasteiger partial charge in [-0.15, -0.1) is 0 Å². The average Bonchev–Trinajstić information content (AvgIpc) is 2.14. The number of hydroxylamine groups is 2. The molecule has 0 saturated carbocycles. The molecule has 0 aliphatic carbocycles. The van der Waals surface area contributed by atoms with E-state index in [2.05, 4.69) is 0 Å². The van der Waals surface area contributed by atoms with Crippen molar-refractivity contribution in [3.63, 3.8) is 0 Å². The SMILES string of the molecule is O=CN(O)CC(=O)C(O)(CO)CP(=O)([O-])[O-].[Na+].[Na+]. The first-order valence-electron chi connectivity index (χ1n) is 3.93. The van der Waals surface area contributed by atoms with Crippen LogP contribution in [0.15, 0.2) is 0 Å². The van der Waals surface area contributed by atoms with Gasteiger partial charge in [-0.2, -0.15) is 0 Å². The summed E-state index contributed by atoms with van der Waals surface area (Å²) in [7, 11) is -5.23. The predicted molar refractivity (Wildman–Crippen MR) is 44.1 cm³/mol. The number of rotatable bonds is 7. The number of nitrogens with zero attached hydrogens (tertiary/aromatic N) is 1. The minimum atomic E-state index is -5.23. The van der Waals surface area contributed by atoms with Gasteiger partial charge in [0, 0.05) is 6.16 Å². The summed E-state index contributed by atoms with van der Waals surface area (Å²) in [6, 6.07) is 0. The van der Waals surface area contributed by atoms with Gasteiger partial charge in [0.05, 0.1) is 6.61 Å². The van der Waals surface area contributed by atoms with Crippen molar-refractivity contribution in [1.82, 2.24) is 5.06 Å². The number of carbonyl (C=O) groups excluding carboxylic acids is 2. The molecule has 1 unspecified atom stereocenters. The van der Waals surface area contributed by atoms with Crippen molar-refractivity contribution >= 4 is 19.8 Å². The molecule has 18 heavy (non-hydrogen) atoms. The molecule has 0 heterocycles. The molecule has 0 bridgehead atoms. The fourth-order valence-corrected chi connectivity index (χ4v) is 1.80. The fourth-order valence-electron chi connectivity index (χ4n) is 0.878. The number of aliphatic hydroxyl groups excluding tert-OH is 1. The molecule has 0 rings (SSSR count). The molecular weight excluding hydrogens is 291 g/mol. The Balaban J connectivity index is -0.00000112. The van der Waals surface area contributed by atoms with Crippen molar-refractivity contribution in [2.75, 3.05) is 19.3 Å². The monoisotopic (exact) mass is 301 g/mol. The van der Waals surface area contributed by atoms with E-state index in [9.17, 15) is 29.0 Å². The quantitative estimate of drug-likeness (QED) is 0.137.